The van der Waals surface area contributed by atoms with Gasteiger partial charge in [-0.3, -0.25) is 14.2 Å². The number of carbonyl (C=O) groups is 3. The Morgan fingerprint density at radius 1 is 0.791 bits per heavy atom. The Morgan fingerprint density at radius 2 is 1.40 bits per heavy atom. The number of carboxylic acids is 2. The van der Waals surface area contributed by atoms with Crippen molar-refractivity contribution in [2.45, 2.75) is 12.4 Å². The minimum atomic E-state index is -5.08. The summed E-state index contributed by atoms with van der Waals surface area (Å²) in [5.74, 6) is -5.89. The predicted molar refractivity (Wildman–Crippen MR) is 138 cm³/mol. The van der Waals surface area contributed by atoms with Crippen LogP contribution in [0.3, 0.4) is 0 Å². The number of nitrogens with zero attached hydrogens (tertiary/aromatic N) is 3. The molecular weight excluding hydrogens is 593 g/mol. The second-order valence-electron chi connectivity index (χ2n) is 8.18. The van der Waals surface area contributed by atoms with E-state index in [2.05, 4.69) is 15.3 Å². The van der Waals surface area contributed by atoms with Gasteiger partial charge >= 0.3 is 24.3 Å². The molecule has 0 bridgehead atoms. The molecule has 0 saturated carbocycles. The number of anilines is 1. The summed E-state index contributed by atoms with van der Waals surface area (Å²) in [6.45, 7) is 0. The van der Waals surface area contributed by atoms with Gasteiger partial charge in [-0.2, -0.15) is 26.3 Å². The van der Waals surface area contributed by atoms with E-state index in [9.17, 15) is 35.5 Å². The van der Waals surface area contributed by atoms with Crippen molar-refractivity contribution in [3.05, 3.63) is 96.8 Å². The van der Waals surface area contributed by atoms with Crippen LogP contribution in [0.2, 0.25) is 0 Å². The molecular formula is C27H17F7N4O5. The van der Waals surface area contributed by atoms with Crippen molar-refractivity contribution in [3.63, 3.8) is 0 Å². The Bertz CT molecular complexity index is 1760. The molecule has 3 N–H and O–H groups in total. The maximum atomic E-state index is 14.4. The van der Waals surface area contributed by atoms with Crippen LogP contribution in [-0.4, -0.2) is 54.8 Å². The first-order chi connectivity index (χ1) is 20.1. The molecule has 0 aliphatic carbocycles. The molecule has 43 heavy (non-hydrogen) atoms. The largest absolute Gasteiger partial charge is 0.490 e. The Hall–Kier alpha value is -5.54. The zero-order valence-corrected chi connectivity index (χ0v) is 21.2. The number of fused-ring (bicyclic) bond motifs is 2. The molecule has 3 aromatic heterocycles. The van der Waals surface area contributed by atoms with E-state index in [1.807, 2.05) is 36.4 Å². The second kappa shape index (κ2) is 13.0. The van der Waals surface area contributed by atoms with Gasteiger partial charge in [0.15, 0.2) is 5.69 Å². The fourth-order valence-corrected chi connectivity index (χ4v) is 3.45. The Morgan fingerprint density at radius 3 is 2.00 bits per heavy atom. The topological polar surface area (TPSA) is 134 Å². The number of aliphatic carboxylic acids is 2. The highest BCUT2D eigenvalue weighted by atomic mass is 19.4. The average Bonchev–Trinajstić information content (AvgIpc) is 3.33. The lowest BCUT2D eigenvalue weighted by Crippen LogP contribution is -2.21. The van der Waals surface area contributed by atoms with Crippen molar-refractivity contribution in [3.8, 4) is 11.4 Å². The highest BCUT2D eigenvalue weighted by Crippen LogP contribution is 2.27. The van der Waals surface area contributed by atoms with Crippen molar-refractivity contribution >= 4 is 39.8 Å². The maximum absolute atomic E-state index is 14.4. The van der Waals surface area contributed by atoms with Gasteiger partial charge in [-0.25, -0.2) is 19.0 Å². The maximum Gasteiger partial charge on any atom is 0.490 e. The lowest BCUT2D eigenvalue weighted by atomic mass is 10.1. The molecule has 224 valence electrons. The third-order valence-electron chi connectivity index (χ3n) is 5.29. The van der Waals surface area contributed by atoms with E-state index in [0.717, 1.165) is 10.8 Å². The number of carboxylic acid groups (broad SMARTS) is 2. The monoisotopic (exact) mass is 610 g/mol. The summed E-state index contributed by atoms with van der Waals surface area (Å²) < 4.78 is 79.6. The molecule has 0 aliphatic heterocycles. The first kappa shape index (κ1) is 32.0. The van der Waals surface area contributed by atoms with Crippen molar-refractivity contribution in [2.75, 3.05) is 5.32 Å². The fourth-order valence-electron chi connectivity index (χ4n) is 3.45. The van der Waals surface area contributed by atoms with Crippen LogP contribution < -0.4 is 5.32 Å². The molecule has 3 heterocycles. The quantitative estimate of drug-likeness (QED) is 0.207. The predicted octanol–water partition coefficient (Wildman–Crippen LogP) is 6.21. The Kier molecular flexibility index (Phi) is 9.64. The van der Waals surface area contributed by atoms with E-state index in [-0.39, 0.29) is 11.6 Å². The fraction of sp³-hybridized carbons (Fsp3) is 0.0741. The number of nitrogens with one attached hydrogen (secondary N) is 1. The van der Waals surface area contributed by atoms with E-state index in [4.69, 9.17) is 19.8 Å². The van der Waals surface area contributed by atoms with Gasteiger partial charge < -0.3 is 15.5 Å². The molecule has 16 heteroatoms. The number of pyridine rings is 2. The number of rotatable bonds is 3. The van der Waals surface area contributed by atoms with Gasteiger partial charge in [-0.05, 0) is 36.4 Å². The van der Waals surface area contributed by atoms with Crippen molar-refractivity contribution in [2.24, 2.45) is 0 Å². The minimum absolute atomic E-state index is 0.231. The molecule has 5 aromatic rings. The number of carbonyl (C=O) groups excluding carboxylic acids is 1. The summed E-state index contributed by atoms with van der Waals surface area (Å²) in [4.78, 5) is 39.5. The minimum Gasteiger partial charge on any atom is -0.475 e. The number of imidazole rings is 1. The molecule has 0 spiro atoms. The van der Waals surface area contributed by atoms with Gasteiger partial charge in [0.25, 0.3) is 5.91 Å². The number of amides is 1. The van der Waals surface area contributed by atoms with Gasteiger partial charge in [0, 0.05) is 35.1 Å². The van der Waals surface area contributed by atoms with Crippen LogP contribution in [0.15, 0.2) is 85.3 Å². The molecule has 9 nitrogen and oxygen atoms in total. The smallest absolute Gasteiger partial charge is 0.475 e. The van der Waals surface area contributed by atoms with Crippen molar-refractivity contribution in [1.29, 1.82) is 0 Å². The molecule has 0 fully saturated rings. The third kappa shape index (κ3) is 8.02. The Balaban J connectivity index is 0.000000303. The highest BCUT2D eigenvalue weighted by Gasteiger charge is 2.38. The van der Waals surface area contributed by atoms with Crippen LogP contribution in [0.25, 0.3) is 27.7 Å². The van der Waals surface area contributed by atoms with Crippen LogP contribution in [0.1, 0.15) is 10.5 Å². The third-order valence-corrected chi connectivity index (χ3v) is 5.29. The molecule has 0 aliphatic rings. The summed E-state index contributed by atoms with van der Waals surface area (Å²) >= 11 is 0. The Labute approximate surface area is 235 Å². The van der Waals surface area contributed by atoms with E-state index in [0.29, 0.717) is 22.6 Å². The summed E-state index contributed by atoms with van der Waals surface area (Å²) in [7, 11) is 0. The van der Waals surface area contributed by atoms with Gasteiger partial charge in [0.1, 0.15) is 11.6 Å². The summed E-state index contributed by atoms with van der Waals surface area (Å²) in [6, 6.07) is 19.3. The number of alkyl halides is 6. The normalized spacial score (nSPS) is 11.1. The van der Waals surface area contributed by atoms with E-state index in [1.165, 1.54) is 6.07 Å². The van der Waals surface area contributed by atoms with Crippen LogP contribution in [0.4, 0.5) is 36.4 Å². The molecule has 0 radical (unpaired) electrons. The molecule has 0 unspecified atom stereocenters. The zero-order valence-electron chi connectivity index (χ0n) is 21.2. The average molecular weight is 610 g/mol. The number of hydrogen-bond donors (Lipinski definition) is 3. The number of aromatic nitrogens is 3. The SMILES string of the molecule is O=C(Nc1cccc2cnccc12)c1nc(-c2ccccc2F)n2ccccc12.O=C(O)C(F)(F)F.O=C(O)C(F)(F)F. The molecule has 2 aromatic carbocycles. The lowest BCUT2D eigenvalue weighted by Gasteiger charge is -2.07. The molecule has 1 amide bonds. The van der Waals surface area contributed by atoms with Crippen molar-refractivity contribution < 1.29 is 55.3 Å². The molecule has 5 rings (SSSR count). The summed E-state index contributed by atoms with van der Waals surface area (Å²) in [5.41, 5.74) is 1.84. The highest BCUT2D eigenvalue weighted by molar-refractivity contribution is 6.11. The second-order valence-corrected chi connectivity index (χ2v) is 8.18. The van der Waals surface area contributed by atoms with Crippen LogP contribution in [0, 0.1) is 5.82 Å². The standard InChI is InChI=1S/C23H15FN4O.2C2HF3O2/c24-18-8-2-1-7-17(18)22-27-21(20-10-3-4-13-28(20)22)23(29)26-19-9-5-6-15-14-25-12-11-16(15)19;2*3-2(4,5)1(6)7/h1-14H,(H,26,29);2*(H,6,7). The van der Waals surface area contributed by atoms with E-state index < -0.39 is 30.1 Å². The van der Waals surface area contributed by atoms with Crippen LogP contribution in [-0.2, 0) is 9.59 Å². The molecule has 0 saturated heterocycles. The van der Waals surface area contributed by atoms with Gasteiger partial charge in [-0.1, -0.05) is 30.3 Å². The van der Waals surface area contributed by atoms with Gasteiger partial charge in [0.05, 0.1) is 11.1 Å². The molecule has 0 atom stereocenters. The first-order valence-corrected chi connectivity index (χ1v) is 11.6. The van der Waals surface area contributed by atoms with Gasteiger partial charge in [-0.15, -0.1) is 0 Å². The lowest BCUT2D eigenvalue weighted by molar-refractivity contribution is -0.193. The van der Waals surface area contributed by atoms with Crippen LogP contribution >= 0.6 is 0 Å². The number of benzene rings is 2. The van der Waals surface area contributed by atoms with Gasteiger partial charge in [0.2, 0.25) is 0 Å². The summed E-state index contributed by atoms with van der Waals surface area (Å²) in [5, 5.41) is 19.0. The number of halogens is 7. The van der Waals surface area contributed by atoms with E-state index in [1.54, 1.807) is 47.3 Å². The van der Waals surface area contributed by atoms with E-state index >= 15 is 0 Å². The zero-order chi connectivity index (χ0) is 31.9. The van der Waals surface area contributed by atoms with Crippen LogP contribution in [0.5, 0.6) is 0 Å². The van der Waals surface area contributed by atoms with Crippen molar-refractivity contribution in [1.82, 2.24) is 14.4 Å². The first-order valence-electron chi connectivity index (χ1n) is 11.6. The number of hydrogen-bond acceptors (Lipinski definition) is 5. The summed E-state index contributed by atoms with van der Waals surface area (Å²) in [6.07, 6.45) is -4.97.